The number of aromatic nitrogens is 2. The van der Waals surface area contributed by atoms with Gasteiger partial charge in [0.15, 0.2) is 0 Å². The van der Waals surface area contributed by atoms with Crippen molar-refractivity contribution >= 4 is 52.0 Å². The number of aromatic amines is 1. The van der Waals surface area contributed by atoms with Crippen LogP contribution in [-0.2, 0) is 40.1 Å². The highest BCUT2D eigenvalue weighted by Crippen LogP contribution is 2.41. The predicted molar refractivity (Wildman–Crippen MR) is 199 cm³/mol. The van der Waals surface area contributed by atoms with E-state index in [0.717, 1.165) is 40.4 Å². The molecule has 0 saturated heterocycles. The van der Waals surface area contributed by atoms with Crippen molar-refractivity contribution in [2.45, 2.75) is 85.8 Å². The van der Waals surface area contributed by atoms with Gasteiger partial charge in [-0.05, 0) is 86.1 Å². The van der Waals surface area contributed by atoms with Gasteiger partial charge in [0.2, 0.25) is 17.7 Å². The van der Waals surface area contributed by atoms with Crippen LogP contribution in [-0.4, -0.2) is 70.9 Å². The van der Waals surface area contributed by atoms with Crippen LogP contribution in [0.4, 0.5) is 13.2 Å². The number of likely N-dealkylation sites (N-methyl/N-ethyl adjacent to an activating group) is 1. The number of hydrogen-bond donors (Lipinski definition) is 6. The first kappa shape index (κ1) is 40.0. The smallest absolute Gasteiger partial charge is 0.361 e. The maximum atomic E-state index is 14.4. The Labute approximate surface area is 315 Å². The molecule has 16 heteroatoms. The first-order chi connectivity index (χ1) is 25.4. The van der Waals surface area contributed by atoms with Crippen LogP contribution < -0.4 is 27.4 Å². The summed E-state index contributed by atoms with van der Waals surface area (Å²) in [5, 5.41) is 10.2. The molecule has 2 aromatic carbocycles. The number of H-pyrrole nitrogens is 1. The number of pyridine rings is 1. The number of nitrogens with two attached hydrogens (primary N) is 2. The Balaban J connectivity index is 1.61. The van der Waals surface area contributed by atoms with E-state index in [1.165, 1.54) is 11.9 Å². The molecule has 0 bridgehead atoms. The van der Waals surface area contributed by atoms with E-state index >= 15 is 0 Å². The fourth-order valence-electron chi connectivity index (χ4n) is 6.32. The second-order valence-corrected chi connectivity index (χ2v) is 14.4. The second-order valence-electron chi connectivity index (χ2n) is 13.0. The highest BCUT2D eigenvalue weighted by Gasteiger charge is 2.35. The quantitative estimate of drug-likeness (QED) is 0.131. The second kappa shape index (κ2) is 18.3. The average molecular weight is 773 g/mol. The molecule has 11 nitrogen and oxygen atoms in total. The fraction of sp³-hybridized carbons (Fsp3) is 0.405. The highest BCUT2D eigenvalue weighted by atomic mass is 35.5. The summed E-state index contributed by atoms with van der Waals surface area (Å²) in [6.45, 7) is 0.571. The topological polar surface area (TPSA) is 171 Å². The van der Waals surface area contributed by atoms with E-state index in [4.69, 9.17) is 23.1 Å². The van der Waals surface area contributed by atoms with E-state index in [1.54, 1.807) is 24.5 Å². The van der Waals surface area contributed by atoms with Crippen molar-refractivity contribution in [2.75, 3.05) is 20.1 Å². The van der Waals surface area contributed by atoms with Crippen molar-refractivity contribution in [1.82, 2.24) is 30.8 Å². The SMILES string of the molecule is CN1C(=O)C(CCCCN)NC(=O)[C@@H](CCCN)NCc2cccnc2Sc2c(Cl)cc(C(F)(F)F)cc2CNC(=O)[C@@H]1Cc1c[nH]c2ccccc12. The minimum Gasteiger partial charge on any atom is -0.361 e. The van der Waals surface area contributed by atoms with Crippen molar-refractivity contribution in [3.63, 3.8) is 0 Å². The monoisotopic (exact) mass is 772 g/mol. The molecule has 53 heavy (non-hydrogen) atoms. The molecule has 284 valence electrons. The van der Waals surface area contributed by atoms with Crippen molar-refractivity contribution in [3.8, 4) is 0 Å². The Kier molecular flexibility index (Phi) is 13.8. The van der Waals surface area contributed by atoms with Crippen molar-refractivity contribution in [1.29, 1.82) is 0 Å². The number of rotatable bonds is 9. The summed E-state index contributed by atoms with van der Waals surface area (Å²) in [5.41, 5.74) is 13.0. The lowest BCUT2D eigenvalue weighted by atomic mass is 10.0. The summed E-state index contributed by atoms with van der Waals surface area (Å²) in [5.74, 6) is -1.51. The Morgan fingerprint density at radius 1 is 0.943 bits per heavy atom. The molecule has 3 amide bonds. The van der Waals surface area contributed by atoms with Crippen LogP contribution in [0.25, 0.3) is 10.9 Å². The number of nitrogens with zero attached hydrogens (tertiary/aromatic N) is 2. The summed E-state index contributed by atoms with van der Waals surface area (Å²) < 4.78 is 42.2. The lowest BCUT2D eigenvalue weighted by Crippen LogP contribution is -2.57. The molecule has 1 aliphatic heterocycles. The van der Waals surface area contributed by atoms with E-state index in [9.17, 15) is 27.6 Å². The molecule has 0 fully saturated rings. The number of halogens is 4. The molecule has 1 unspecified atom stereocenters. The first-order valence-corrected chi connectivity index (χ1v) is 18.6. The van der Waals surface area contributed by atoms with Crippen molar-refractivity contribution < 1.29 is 27.6 Å². The molecule has 3 atom stereocenters. The number of amides is 3. The van der Waals surface area contributed by atoms with Gasteiger partial charge in [-0.2, -0.15) is 13.2 Å². The lowest BCUT2D eigenvalue weighted by Gasteiger charge is -2.32. The summed E-state index contributed by atoms with van der Waals surface area (Å²) >= 11 is 7.63. The van der Waals surface area contributed by atoms with Crippen LogP contribution in [0, 0.1) is 0 Å². The van der Waals surface area contributed by atoms with Gasteiger partial charge in [0, 0.05) is 54.8 Å². The number of para-hydroxylation sites is 1. The van der Waals surface area contributed by atoms with Gasteiger partial charge < -0.3 is 37.3 Å². The minimum atomic E-state index is -4.71. The molecule has 1 aliphatic rings. The van der Waals surface area contributed by atoms with Crippen LogP contribution in [0.5, 0.6) is 0 Å². The maximum Gasteiger partial charge on any atom is 0.416 e. The molecule has 2 aromatic heterocycles. The van der Waals surface area contributed by atoms with Crippen LogP contribution in [0.15, 0.2) is 70.8 Å². The number of carbonyl (C=O) groups excluding carboxylic acids is 3. The van der Waals surface area contributed by atoms with E-state index in [0.29, 0.717) is 49.4 Å². The number of alkyl halides is 3. The van der Waals surface area contributed by atoms with Crippen molar-refractivity contribution in [3.05, 3.63) is 88.2 Å². The third kappa shape index (κ3) is 10.1. The lowest BCUT2D eigenvalue weighted by molar-refractivity contribution is -0.142. The molecule has 0 spiro atoms. The van der Waals surface area contributed by atoms with Crippen LogP contribution in [0.2, 0.25) is 5.02 Å². The molecule has 4 aromatic rings. The van der Waals surface area contributed by atoms with Gasteiger partial charge in [-0.25, -0.2) is 4.98 Å². The fourth-order valence-corrected chi connectivity index (χ4v) is 7.68. The van der Waals surface area contributed by atoms with Crippen LogP contribution in [0.3, 0.4) is 0 Å². The van der Waals surface area contributed by atoms with Crippen LogP contribution >= 0.6 is 23.4 Å². The van der Waals surface area contributed by atoms with Crippen molar-refractivity contribution in [2.24, 2.45) is 11.5 Å². The van der Waals surface area contributed by atoms with Crippen LogP contribution in [0.1, 0.15) is 54.4 Å². The summed E-state index contributed by atoms with van der Waals surface area (Å²) in [6, 6.07) is 9.96. The van der Waals surface area contributed by atoms with E-state index < -0.39 is 47.6 Å². The number of nitrogens with one attached hydrogen (secondary N) is 4. The minimum absolute atomic E-state index is 0.0739. The normalized spacial score (nSPS) is 19.3. The molecule has 5 rings (SSSR count). The molecule has 0 saturated carbocycles. The molecular formula is C37H44ClF3N8O3S. The Morgan fingerprint density at radius 2 is 1.70 bits per heavy atom. The molecular weight excluding hydrogens is 729 g/mol. The van der Waals surface area contributed by atoms with Gasteiger partial charge >= 0.3 is 6.18 Å². The molecule has 0 aliphatic carbocycles. The summed E-state index contributed by atoms with van der Waals surface area (Å²) in [7, 11) is 1.49. The van der Waals surface area contributed by atoms with Gasteiger partial charge in [-0.3, -0.25) is 14.4 Å². The highest BCUT2D eigenvalue weighted by molar-refractivity contribution is 7.99. The van der Waals surface area contributed by atoms with E-state index in [2.05, 4.69) is 25.9 Å². The third-order valence-corrected chi connectivity index (χ3v) is 10.9. The Morgan fingerprint density at radius 3 is 2.45 bits per heavy atom. The zero-order chi connectivity index (χ0) is 38.1. The van der Waals surface area contributed by atoms with Gasteiger partial charge in [-0.15, -0.1) is 0 Å². The number of unbranched alkanes of at least 4 members (excludes halogenated alkanes) is 1. The maximum absolute atomic E-state index is 14.4. The van der Waals surface area contributed by atoms with Gasteiger partial charge in [0.25, 0.3) is 0 Å². The predicted octanol–water partition coefficient (Wildman–Crippen LogP) is 4.90. The number of carbonyl (C=O) groups is 3. The molecule has 8 N–H and O–H groups in total. The average Bonchev–Trinajstić information content (AvgIpc) is 3.55. The van der Waals surface area contributed by atoms with Gasteiger partial charge in [0.05, 0.1) is 16.6 Å². The zero-order valence-corrected chi connectivity index (χ0v) is 30.8. The summed E-state index contributed by atoms with van der Waals surface area (Å²) in [6.07, 6.45) is 0.985. The van der Waals surface area contributed by atoms with E-state index in [1.807, 2.05) is 24.3 Å². The number of hydrogen-bond acceptors (Lipinski definition) is 8. The molecule has 0 radical (unpaired) electrons. The number of benzene rings is 2. The van der Waals surface area contributed by atoms with Gasteiger partial charge in [-0.1, -0.05) is 47.6 Å². The zero-order valence-electron chi connectivity index (χ0n) is 29.3. The first-order valence-electron chi connectivity index (χ1n) is 17.5. The third-order valence-electron chi connectivity index (χ3n) is 9.27. The molecule has 3 heterocycles. The standard InChI is InChI=1S/C37H44ClF3N8O3S/c1-49-31(17-23-20-45-28-10-3-2-9-26(23)28)34(51)47-21-24-16-25(37(39,40)41)18-27(38)32(24)53-35-22(8-7-15-44-35)19-46-29(12-6-14-43)33(50)48-30(36(49)52)11-4-5-13-42/h2-3,7-10,15-16,18,20,29-31,45-46H,4-6,11-14,17,19,21,42-43H2,1H3,(H,47,51)(H,48,50)/t29-,30?,31+/m1/s1. The Hall–Kier alpha value is -4.15. The Bertz CT molecular complexity index is 1910. The van der Waals surface area contributed by atoms with E-state index in [-0.39, 0.29) is 41.4 Å². The van der Waals surface area contributed by atoms with Gasteiger partial charge in [0.1, 0.15) is 17.1 Å². The number of fused-ring (bicyclic) bond motifs is 3. The summed E-state index contributed by atoms with van der Waals surface area (Å²) in [4.78, 5) is 51.8. The largest absolute Gasteiger partial charge is 0.416 e.